The Morgan fingerprint density at radius 3 is 1.38 bits per heavy atom. The molecule has 158 valence electrons. The second-order valence-electron chi connectivity index (χ2n) is 9.02. The summed E-state index contributed by atoms with van der Waals surface area (Å²) in [5, 5.41) is 15.6. The topological polar surface area (TPSA) is 38.7 Å². The van der Waals surface area contributed by atoms with Crippen molar-refractivity contribution in [3.63, 3.8) is 0 Å². The Morgan fingerprint density at radius 2 is 1.10 bits per heavy atom. The van der Waals surface area contributed by atoms with Gasteiger partial charge in [-0.3, -0.25) is 0 Å². The first-order valence-corrected chi connectivity index (χ1v) is 10.7. The number of hydrogen-bond donors (Lipinski definition) is 2. The average Bonchev–Trinajstić information content (AvgIpc) is 2.72. The molecule has 0 bridgehead atoms. The van der Waals surface area contributed by atoms with Gasteiger partial charge in [-0.05, 0) is 41.8 Å². The van der Waals surface area contributed by atoms with Crippen molar-refractivity contribution in [3.05, 3.63) is 59.7 Å². The molecular formula is C25H37N3O. The van der Waals surface area contributed by atoms with Gasteiger partial charge in [-0.2, -0.15) is 0 Å². The van der Waals surface area contributed by atoms with E-state index in [0.717, 1.165) is 6.42 Å². The van der Waals surface area contributed by atoms with Gasteiger partial charge >= 0.3 is 0 Å². The monoisotopic (exact) mass is 395 g/mol. The molecule has 0 amide bonds. The lowest BCUT2D eigenvalue weighted by molar-refractivity contribution is -0.113. The maximum atomic E-state index is 11.7. The Labute approximate surface area is 176 Å². The summed E-state index contributed by atoms with van der Waals surface area (Å²) in [6.07, 6.45) is 0.746. The van der Waals surface area contributed by atoms with E-state index in [1.807, 2.05) is 0 Å². The smallest absolute Gasteiger partial charge is 0.0732 e. The first kappa shape index (κ1) is 21.7. The minimum atomic E-state index is -0.721. The van der Waals surface area contributed by atoms with Crippen LogP contribution < -0.4 is 15.1 Å². The van der Waals surface area contributed by atoms with Crippen molar-refractivity contribution in [2.45, 2.75) is 44.9 Å². The summed E-state index contributed by atoms with van der Waals surface area (Å²) in [4.78, 5) is 4.22. The van der Waals surface area contributed by atoms with Crippen LogP contribution in [0.25, 0.3) is 0 Å². The highest BCUT2D eigenvalue weighted by atomic mass is 16.3. The minimum absolute atomic E-state index is 0.103. The zero-order chi connectivity index (χ0) is 21.3. The van der Waals surface area contributed by atoms with E-state index in [4.69, 9.17) is 0 Å². The van der Waals surface area contributed by atoms with Gasteiger partial charge in [-0.1, -0.05) is 45.0 Å². The first-order chi connectivity index (χ1) is 13.7. The molecule has 1 saturated heterocycles. The molecule has 5 atom stereocenters. The van der Waals surface area contributed by atoms with Crippen molar-refractivity contribution in [1.29, 1.82) is 0 Å². The van der Waals surface area contributed by atoms with Crippen LogP contribution >= 0.6 is 0 Å². The lowest BCUT2D eigenvalue weighted by Gasteiger charge is -2.52. The lowest BCUT2D eigenvalue weighted by Crippen LogP contribution is -2.57. The summed E-state index contributed by atoms with van der Waals surface area (Å²) in [6.45, 7) is 6.47. The third-order valence-corrected chi connectivity index (χ3v) is 7.04. The molecule has 1 unspecified atom stereocenters. The number of anilines is 2. The number of piperidine rings is 1. The van der Waals surface area contributed by atoms with Crippen molar-refractivity contribution in [1.82, 2.24) is 5.32 Å². The molecule has 2 aromatic carbocycles. The molecule has 4 nitrogen and oxygen atoms in total. The van der Waals surface area contributed by atoms with Crippen LogP contribution in [0.1, 0.15) is 50.4 Å². The molecule has 0 aliphatic carbocycles. The molecule has 2 N–H and O–H groups in total. The first-order valence-electron chi connectivity index (χ1n) is 10.7. The van der Waals surface area contributed by atoms with Gasteiger partial charge in [-0.25, -0.2) is 0 Å². The molecular weight excluding hydrogens is 358 g/mol. The van der Waals surface area contributed by atoms with E-state index in [-0.39, 0.29) is 23.9 Å². The standard InChI is InChI=1S/C25H37N3O/c1-8-25(29)17(2)23(19-9-13-21(14-10-19)27(4)5)26-24(18(25)3)20-11-15-22(16-12-20)28(6)7/h9-18,23-24,26,29H,8H2,1-7H3/t17-,18-,23-,24+,25?/m0/s1. The summed E-state index contributed by atoms with van der Waals surface area (Å²) in [5.74, 6) is 0.231. The molecule has 29 heavy (non-hydrogen) atoms. The van der Waals surface area contributed by atoms with Crippen molar-refractivity contribution < 1.29 is 5.11 Å². The predicted octanol–water partition coefficient (Wildman–Crippen LogP) is 4.62. The normalized spacial score (nSPS) is 29.5. The van der Waals surface area contributed by atoms with E-state index in [1.54, 1.807) is 0 Å². The lowest BCUT2D eigenvalue weighted by atomic mass is 9.65. The van der Waals surface area contributed by atoms with Crippen LogP contribution in [0.5, 0.6) is 0 Å². The minimum Gasteiger partial charge on any atom is -0.389 e. The van der Waals surface area contributed by atoms with Gasteiger partial charge in [0.15, 0.2) is 0 Å². The number of benzene rings is 2. The second kappa shape index (κ2) is 8.37. The largest absolute Gasteiger partial charge is 0.389 e. The summed E-state index contributed by atoms with van der Waals surface area (Å²) >= 11 is 0. The number of nitrogens with one attached hydrogen (secondary N) is 1. The zero-order valence-electron chi connectivity index (χ0n) is 19.0. The fraction of sp³-hybridized carbons (Fsp3) is 0.520. The molecule has 0 saturated carbocycles. The van der Waals surface area contributed by atoms with Crippen molar-refractivity contribution >= 4 is 11.4 Å². The average molecular weight is 396 g/mol. The van der Waals surface area contributed by atoms with Gasteiger partial charge in [0.25, 0.3) is 0 Å². The van der Waals surface area contributed by atoms with E-state index >= 15 is 0 Å². The van der Waals surface area contributed by atoms with E-state index in [2.05, 4.69) is 113 Å². The Kier molecular flexibility index (Phi) is 6.25. The number of nitrogens with zero attached hydrogens (tertiary/aromatic N) is 2. The van der Waals surface area contributed by atoms with Crippen LogP contribution in [0.4, 0.5) is 11.4 Å². The summed E-state index contributed by atoms with van der Waals surface area (Å²) in [5.41, 5.74) is 4.12. The molecule has 2 aromatic rings. The molecule has 3 rings (SSSR count). The fourth-order valence-electron chi connectivity index (χ4n) is 4.85. The predicted molar refractivity (Wildman–Crippen MR) is 124 cm³/mol. The Morgan fingerprint density at radius 1 is 0.759 bits per heavy atom. The molecule has 0 radical (unpaired) electrons. The highest BCUT2D eigenvalue weighted by Crippen LogP contribution is 2.48. The van der Waals surface area contributed by atoms with Gasteiger partial charge in [-0.15, -0.1) is 0 Å². The van der Waals surface area contributed by atoms with E-state index in [1.165, 1.54) is 22.5 Å². The van der Waals surface area contributed by atoms with Gasteiger partial charge in [0, 0.05) is 63.5 Å². The zero-order valence-corrected chi connectivity index (χ0v) is 19.0. The van der Waals surface area contributed by atoms with Crippen LogP contribution in [-0.4, -0.2) is 38.9 Å². The third-order valence-electron chi connectivity index (χ3n) is 7.04. The van der Waals surface area contributed by atoms with Crippen LogP contribution in [0.3, 0.4) is 0 Å². The van der Waals surface area contributed by atoms with Crippen LogP contribution in [0.2, 0.25) is 0 Å². The Bertz CT molecular complexity index is 734. The van der Waals surface area contributed by atoms with Crippen molar-refractivity contribution in [2.24, 2.45) is 11.8 Å². The molecule has 0 spiro atoms. The second-order valence-corrected chi connectivity index (χ2v) is 9.02. The summed E-state index contributed by atoms with van der Waals surface area (Å²) in [6, 6.07) is 17.6. The Hall–Kier alpha value is -2.04. The number of hydrogen-bond acceptors (Lipinski definition) is 4. The van der Waals surface area contributed by atoms with Crippen molar-refractivity contribution in [2.75, 3.05) is 38.0 Å². The fourth-order valence-corrected chi connectivity index (χ4v) is 4.85. The maximum absolute atomic E-state index is 11.7. The highest BCUT2D eigenvalue weighted by molar-refractivity contribution is 5.48. The number of aliphatic hydroxyl groups is 1. The van der Waals surface area contributed by atoms with Crippen LogP contribution in [0.15, 0.2) is 48.5 Å². The van der Waals surface area contributed by atoms with Gasteiger partial charge in [0.2, 0.25) is 0 Å². The molecule has 1 aliphatic heterocycles. The van der Waals surface area contributed by atoms with Crippen LogP contribution in [0, 0.1) is 11.8 Å². The third kappa shape index (κ3) is 4.01. The SMILES string of the molecule is CCC1(O)[C@@H](C)[C@@H](c2ccc(N(C)C)cc2)N[C@@H](c2ccc(N(C)C)cc2)[C@@H]1C. The van der Waals surface area contributed by atoms with Crippen molar-refractivity contribution in [3.8, 4) is 0 Å². The van der Waals surface area contributed by atoms with Gasteiger partial charge in [0.1, 0.15) is 0 Å². The molecule has 0 aromatic heterocycles. The molecule has 1 heterocycles. The summed E-state index contributed by atoms with van der Waals surface area (Å²) < 4.78 is 0. The highest BCUT2D eigenvalue weighted by Gasteiger charge is 2.50. The Balaban J connectivity index is 1.97. The van der Waals surface area contributed by atoms with Gasteiger partial charge < -0.3 is 20.2 Å². The molecule has 1 aliphatic rings. The van der Waals surface area contributed by atoms with E-state index < -0.39 is 5.60 Å². The number of rotatable bonds is 5. The molecule has 1 fully saturated rings. The van der Waals surface area contributed by atoms with Crippen LogP contribution in [-0.2, 0) is 0 Å². The maximum Gasteiger partial charge on any atom is 0.0732 e. The van der Waals surface area contributed by atoms with E-state index in [9.17, 15) is 5.11 Å². The molecule has 4 heteroatoms. The quantitative estimate of drug-likeness (QED) is 0.775. The van der Waals surface area contributed by atoms with E-state index in [0.29, 0.717) is 0 Å². The van der Waals surface area contributed by atoms with Gasteiger partial charge in [0.05, 0.1) is 5.60 Å². The summed E-state index contributed by atoms with van der Waals surface area (Å²) in [7, 11) is 8.23.